The number of hydrogen-bond donors (Lipinski definition) is 3. The van der Waals surface area contributed by atoms with Crippen molar-refractivity contribution < 1.29 is 28.7 Å². The summed E-state index contributed by atoms with van der Waals surface area (Å²) in [6.45, 7) is 21.8. The lowest BCUT2D eigenvalue weighted by Crippen LogP contribution is -2.62. The summed E-state index contributed by atoms with van der Waals surface area (Å²) in [6.07, 6.45) is 11.8. The van der Waals surface area contributed by atoms with Crippen molar-refractivity contribution in [3.05, 3.63) is 46.8 Å². The molecule has 1 amide bonds. The van der Waals surface area contributed by atoms with Crippen LogP contribution in [0.1, 0.15) is 150 Å². The number of Topliss-reactive ketones (excluding diaryl/α,β-unsaturated/α-hetero) is 2. The number of halogens is 1. The van der Waals surface area contributed by atoms with Crippen LogP contribution in [0.2, 0.25) is 0 Å². The van der Waals surface area contributed by atoms with E-state index in [1.54, 1.807) is 0 Å². The molecule has 11 unspecified atom stereocenters. The number of allylic oxidation sites excluding steroid dienone is 2. The van der Waals surface area contributed by atoms with Crippen molar-refractivity contribution in [3.63, 3.8) is 0 Å². The van der Waals surface area contributed by atoms with Crippen LogP contribution in [0, 0.1) is 80.7 Å². The van der Waals surface area contributed by atoms with E-state index in [1.165, 1.54) is 49.1 Å². The van der Waals surface area contributed by atoms with E-state index in [4.69, 9.17) is 0 Å². The lowest BCUT2D eigenvalue weighted by molar-refractivity contribution is -0.193. The standard InChI is InChI=1S/C49H71FN2O5/c1-28(2)41-38(54)26-49(22-23-51-27-45(4,5)52-43(55)30-10-12-32(50)13-11-30)21-17-36-33(42(41)49)14-15-40-47(36,8)20-18-39-46(6,7)31(16-19-48(39,40)9)24-37(53)34-25-35(29(34)3)44(56)57/h10-13,28-29,31,33-36,39-40,51H,14-27H2,1-9H3,(H,52,55)(H,56,57). The third kappa shape index (κ3) is 7.18. The molecule has 6 aliphatic rings. The van der Waals surface area contributed by atoms with E-state index in [9.17, 15) is 28.7 Å². The van der Waals surface area contributed by atoms with Gasteiger partial charge in [0.2, 0.25) is 0 Å². The molecule has 314 valence electrons. The zero-order valence-electron chi connectivity index (χ0n) is 36.4. The molecular formula is C49H71FN2O5. The average molecular weight is 787 g/mol. The van der Waals surface area contributed by atoms with Crippen LogP contribution in [0.15, 0.2) is 35.4 Å². The van der Waals surface area contributed by atoms with Gasteiger partial charge in [-0.2, -0.15) is 0 Å². The quantitative estimate of drug-likeness (QED) is 0.182. The Balaban J connectivity index is 1.04. The van der Waals surface area contributed by atoms with Crippen molar-refractivity contribution in [2.75, 3.05) is 13.1 Å². The zero-order valence-corrected chi connectivity index (χ0v) is 36.4. The van der Waals surface area contributed by atoms with E-state index in [-0.39, 0.29) is 57.1 Å². The summed E-state index contributed by atoms with van der Waals surface area (Å²) in [7, 11) is 0. The van der Waals surface area contributed by atoms with Crippen molar-refractivity contribution in [1.29, 1.82) is 0 Å². The van der Waals surface area contributed by atoms with Crippen LogP contribution in [0.5, 0.6) is 0 Å². The summed E-state index contributed by atoms with van der Waals surface area (Å²) >= 11 is 0. The fourth-order valence-electron chi connectivity index (χ4n) is 14.9. The van der Waals surface area contributed by atoms with Crippen LogP contribution in [0.25, 0.3) is 0 Å². The predicted molar refractivity (Wildman–Crippen MR) is 222 cm³/mol. The second kappa shape index (κ2) is 15.0. The molecule has 7 nitrogen and oxygen atoms in total. The van der Waals surface area contributed by atoms with Crippen LogP contribution in [0.4, 0.5) is 4.39 Å². The number of benzene rings is 1. The van der Waals surface area contributed by atoms with Gasteiger partial charge in [0.05, 0.1) is 5.92 Å². The monoisotopic (exact) mass is 787 g/mol. The number of carboxylic acid groups (broad SMARTS) is 1. The minimum atomic E-state index is -0.763. The molecule has 3 N–H and O–H groups in total. The van der Waals surface area contributed by atoms with Crippen molar-refractivity contribution in [3.8, 4) is 0 Å². The molecule has 0 aliphatic heterocycles. The molecule has 7 rings (SSSR count). The Kier molecular flexibility index (Phi) is 11.1. The summed E-state index contributed by atoms with van der Waals surface area (Å²) in [5.74, 6) is 1.48. The van der Waals surface area contributed by atoms with Crippen molar-refractivity contribution in [2.45, 2.75) is 145 Å². The van der Waals surface area contributed by atoms with Gasteiger partial charge >= 0.3 is 5.97 Å². The highest BCUT2D eigenvalue weighted by atomic mass is 19.1. The molecular weight excluding hydrogens is 716 g/mol. The van der Waals surface area contributed by atoms with Crippen LogP contribution in [-0.4, -0.2) is 47.2 Å². The maximum Gasteiger partial charge on any atom is 0.306 e. The van der Waals surface area contributed by atoms with E-state index >= 15 is 0 Å². The SMILES string of the molecule is CC(C)C1=C2C3CCC4C(C)(CCC5C(C)(C)C(CC(=O)C6CC(C(=O)O)C6C)CCC54C)C3CCC2(CCNCC(C)(C)NC(=O)c2ccc(F)cc2)CC1=O. The first-order valence-corrected chi connectivity index (χ1v) is 22.5. The number of ketones is 2. The zero-order chi connectivity index (χ0) is 41.5. The summed E-state index contributed by atoms with van der Waals surface area (Å²) in [5, 5.41) is 16.3. The Bertz CT molecular complexity index is 1800. The fourth-order valence-corrected chi connectivity index (χ4v) is 14.9. The van der Waals surface area contributed by atoms with Gasteiger partial charge in [-0.05, 0) is 172 Å². The Hall–Kier alpha value is -2.87. The summed E-state index contributed by atoms with van der Waals surface area (Å²) in [4.78, 5) is 52.2. The number of aliphatic carboxylic acids is 1. The van der Waals surface area contributed by atoms with Crippen LogP contribution in [-0.2, 0) is 14.4 Å². The van der Waals surface area contributed by atoms with Gasteiger partial charge in [-0.25, -0.2) is 4.39 Å². The third-order valence-corrected chi connectivity index (χ3v) is 17.8. The molecule has 0 bridgehead atoms. The van der Waals surface area contributed by atoms with E-state index in [2.05, 4.69) is 52.2 Å². The third-order valence-electron chi connectivity index (χ3n) is 17.8. The van der Waals surface area contributed by atoms with Crippen molar-refractivity contribution >= 4 is 23.4 Å². The molecule has 0 aromatic heterocycles. The highest BCUT2D eigenvalue weighted by Gasteiger charge is 2.66. The number of carboxylic acids is 1. The summed E-state index contributed by atoms with van der Waals surface area (Å²) < 4.78 is 13.4. The van der Waals surface area contributed by atoms with Crippen LogP contribution >= 0.6 is 0 Å². The largest absolute Gasteiger partial charge is 0.481 e. The Morgan fingerprint density at radius 3 is 2.25 bits per heavy atom. The van der Waals surface area contributed by atoms with Gasteiger partial charge in [0.15, 0.2) is 5.78 Å². The number of fused-ring (bicyclic) bond motifs is 7. The van der Waals surface area contributed by atoms with Gasteiger partial charge in [-0.15, -0.1) is 0 Å². The van der Waals surface area contributed by atoms with Gasteiger partial charge in [-0.1, -0.05) is 54.0 Å². The lowest BCUT2D eigenvalue weighted by Gasteiger charge is -2.69. The van der Waals surface area contributed by atoms with Gasteiger partial charge in [0, 0.05) is 41.8 Å². The molecule has 11 atom stereocenters. The topological polar surface area (TPSA) is 113 Å². The van der Waals surface area contributed by atoms with E-state index in [0.717, 1.165) is 50.6 Å². The Morgan fingerprint density at radius 1 is 0.912 bits per heavy atom. The number of carbonyl (C=O) groups excluding carboxylic acids is 3. The number of amides is 1. The first-order valence-electron chi connectivity index (χ1n) is 22.5. The van der Waals surface area contributed by atoms with Crippen LogP contribution in [0.3, 0.4) is 0 Å². The average Bonchev–Trinajstić information content (AvgIpc) is 3.43. The molecule has 8 heteroatoms. The van der Waals surface area contributed by atoms with Crippen molar-refractivity contribution in [1.82, 2.24) is 10.6 Å². The molecule has 5 fully saturated rings. The minimum absolute atomic E-state index is 0.0400. The number of hydrogen-bond acceptors (Lipinski definition) is 5. The molecule has 0 saturated heterocycles. The first-order chi connectivity index (χ1) is 26.6. The molecule has 1 aromatic carbocycles. The molecule has 1 aromatic rings. The molecule has 57 heavy (non-hydrogen) atoms. The van der Waals surface area contributed by atoms with Crippen molar-refractivity contribution in [2.24, 2.45) is 74.9 Å². The number of rotatable bonds is 12. The molecule has 0 radical (unpaired) electrons. The highest BCUT2D eigenvalue weighted by molar-refractivity contribution is 6.00. The summed E-state index contributed by atoms with van der Waals surface area (Å²) in [6, 6.07) is 5.63. The highest BCUT2D eigenvalue weighted by Crippen LogP contribution is 2.74. The normalized spacial score (nSPS) is 38.4. The maximum absolute atomic E-state index is 14.0. The molecule has 6 aliphatic carbocycles. The Labute approximate surface area is 341 Å². The number of nitrogens with one attached hydrogen (secondary N) is 2. The van der Waals surface area contributed by atoms with Crippen LogP contribution < -0.4 is 10.6 Å². The molecule has 5 saturated carbocycles. The summed E-state index contributed by atoms with van der Waals surface area (Å²) in [5.41, 5.74) is 2.90. The van der Waals surface area contributed by atoms with E-state index in [0.29, 0.717) is 72.5 Å². The smallest absolute Gasteiger partial charge is 0.306 e. The van der Waals surface area contributed by atoms with Gasteiger partial charge in [-0.3, -0.25) is 19.2 Å². The van der Waals surface area contributed by atoms with Gasteiger partial charge in [0.25, 0.3) is 5.91 Å². The Morgan fingerprint density at radius 2 is 1.60 bits per heavy atom. The van der Waals surface area contributed by atoms with Gasteiger partial charge < -0.3 is 15.7 Å². The maximum atomic E-state index is 14.0. The fraction of sp³-hybridized carbons (Fsp3) is 0.755. The second-order valence-electron chi connectivity index (χ2n) is 22.0. The van der Waals surface area contributed by atoms with E-state index in [1.807, 2.05) is 20.8 Å². The second-order valence-corrected chi connectivity index (χ2v) is 22.0. The minimum Gasteiger partial charge on any atom is -0.481 e. The lowest BCUT2D eigenvalue weighted by atomic mass is 9.35. The first kappa shape index (κ1) is 42.3. The number of carbonyl (C=O) groups is 4. The van der Waals surface area contributed by atoms with Gasteiger partial charge in [0.1, 0.15) is 11.6 Å². The molecule has 0 heterocycles. The van der Waals surface area contributed by atoms with E-state index < -0.39 is 11.5 Å². The predicted octanol–water partition coefficient (Wildman–Crippen LogP) is 9.84. The molecule has 0 spiro atoms.